The van der Waals surface area contributed by atoms with Crippen molar-refractivity contribution in [1.29, 1.82) is 0 Å². The van der Waals surface area contributed by atoms with Gasteiger partial charge in [-0.05, 0) is 35.2 Å². The van der Waals surface area contributed by atoms with Gasteiger partial charge in [0.1, 0.15) is 0 Å². The number of para-hydroxylation sites is 1. The highest BCUT2D eigenvalue weighted by Gasteiger charge is 2.11. The summed E-state index contributed by atoms with van der Waals surface area (Å²) in [5, 5.41) is 3.13. The summed E-state index contributed by atoms with van der Waals surface area (Å²) in [4.78, 5) is 0. The molecule has 0 saturated heterocycles. The Bertz CT molecular complexity index is 585. The summed E-state index contributed by atoms with van der Waals surface area (Å²) in [6.45, 7) is 4.37. The van der Waals surface area contributed by atoms with Gasteiger partial charge in [-0.25, -0.2) is 13.2 Å². The molecule has 0 unspecified atom stereocenters. The topological polar surface area (TPSA) is 12.0 Å². The van der Waals surface area contributed by atoms with Gasteiger partial charge in [0.05, 0.1) is 0 Å². The molecule has 0 atom stereocenters. The van der Waals surface area contributed by atoms with Crippen LogP contribution in [0.1, 0.15) is 30.9 Å². The molecule has 4 heteroatoms. The van der Waals surface area contributed by atoms with Gasteiger partial charge in [-0.2, -0.15) is 0 Å². The van der Waals surface area contributed by atoms with E-state index >= 15 is 0 Å². The van der Waals surface area contributed by atoms with Gasteiger partial charge >= 0.3 is 0 Å². The molecule has 20 heavy (non-hydrogen) atoms. The SMILES string of the molecule is CC(C)c1ccccc1NCc1cc(F)c(F)c(F)c1. The normalized spacial score (nSPS) is 10.9. The molecule has 2 aromatic carbocycles. The summed E-state index contributed by atoms with van der Waals surface area (Å²) in [5.41, 5.74) is 2.39. The van der Waals surface area contributed by atoms with E-state index in [-0.39, 0.29) is 6.54 Å². The number of nitrogens with one attached hydrogen (secondary N) is 1. The third kappa shape index (κ3) is 3.13. The van der Waals surface area contributed by atoms with E-state index in [0.717, 1.165) is 23.4 Å². The van der Waals surface area contributed by atoms with E-state index < -0.39 is 17.5 Å². The lowest BCUT2D eigenvalue weighted by molar-refractivity contribution is 0.445. The van der Waals surface area contributed by atoms with E-state index in [4.69, 9.17) is 0 Å². The van der Waals surface area contributed by atoms with E-state index in [2.05, 4.69) is 19.2 Å². The highest BCUT2D eigenvalue weighted by atomic mass is 19.2. The van der Waals surface area contributed by atoms with Crippen molar-refractivity contribution in [3.63, 3.8) is 0 Å². The quantitative estimate of drug-likeness (QED) is 0.790. The van der Waals surface area contributed by atoms with Crippen LogP contribution in [0.4, 0.5) is 18.9 Å². The monoisotopic (exact) mass is 279 g/mol. The van der Waals surface area contributed by atoms with Crippen LogP contribution >= 0.6 is 0 Å². The number of benzene rings is 2. The predicted octanol–water partition coefficient (Wildman–Crippen LogP) is 4.84. The molecular weight excluding hydrogens is 263 g/mol. The summed E-state index contributed by atoms with van der Waals surface area (Å²) < 4.78 is 39.1. The maximum Gasteiger partial charge on any atom is 0.194 e. The van der Waals surface area contributed by atoms with E-state index in [1.165, 1.54) is 0 Å². The van der Waals surface area contributed by atoms with Crippen molar-refractivity contribution in [3.05, 3.63) is 65.0 Å². The summed E-state index contributed by atoms with van der Waals surface area (Å²) in [7, 11) is 0. The van der Waals surface area contributed by atoms with Gasteiger partial charge in [0, 0.05) is 12.2 Å². The van der Waals surface area contributed by atoms with Crippen molar-refractivity contribution in [3.8, 4) is 0 Å². The molecule has 0 bridgehead atoms. The molecule has 0 radical (unpaired) electrons. The second kappa shape index (κ2) is 5.99. The Kier molecular flexibility index (Phi) is 4.32. The Labute approximate surface area is 116 Å². The molecule has 2 rings (SSSR count). The van der Waals surface area contributed by atoms with Gasteiger partial charge in [-0.1, -0.05) is 32.0 Å². The van der Waals surface area contributed by atoms with Gasteiger partial charge in [0.2, 0.25) is 0 Å². The Balaban J connectivity index is 2.17. The first kappa shape index (κ1) is 14.4. The maximum atomic E-state index is 13.1. The Hall–Kier alpha value is -1.97. The van der Waals surface area contributed by atoms with Crippen LogP contribution in [0.25, 0.3) is 0 Å². The fraction of sp³-hybridized carbons (Fsp3) is 0.250. The van der Waals surface area contributed by atoms with Crippen molar-refractivity contribution < 1.29 is 13.2 Å². The first-order valence-electron chi connectivity index (χ1n) is 6.45. The molecule has 0 amide bonds. The molecule has 0 aliphatic rings. The van der Waals surface area contributed by atoms with Crippen molar-refractivity contribution in [1.82, 2.24) is 0 Å². The maximum absolute atomic E-state index is 13.1. The molecule has 106 valence electrons. The minimum Gasteiger partial charge on any atom is -0.381 e. The van der Waals surface area contributed by atoms with E-state index in [0.29, 0.717) is 11.5 Å². The smallest absolute Gasteiger partial charge is 0.194 e. The molecular formula is C16H16F3N. The number of halogens is 3. The van der Waals surface area contributed by atoms with Gasteiger partial charge in [-0.3, -0.25) is 0 Å². The zero-order chi connectivity index (χ0) is 14.7. The minimum absolute atomic E-state index is 0.234. The van der Waals surface area contributed by atoms with Crippen molar-refractivity contribution in [2.24, 2.45) is 0 Å². The third-order valence-electron chi connectivity index (χ3n) is 3.11. The van der Waals surface area contributed by atoms with E-state index in [1.54, 1.807) is 0 Å². The van der Waals surface area contributed by atoms with E-state index in [9.17, 15) is 13.2 Å². The zero-order valence-corrected chi connectivity index (χ0v) is 11.4. The van der Waals surface area contributed by atoms with Crippen LogP contribution in [0, 0.1) is 17.5 Å². The minimum atomic E-state index is -1.43. The average molecular weight is 279 g/mol. The summed E-state index contributed by atoms with van der Waals surface area (Å²) >= 11 is 0. The molecule has 0 aromatic heterocycles. The van der Waals surface area contributed by atoms with Gasteiger partial charge in [0.15, 0.2) is 17.5 Å². The molecule has 1 nitrogen and oxygen atoms in total. The Morgan fingerprint density at radius 3 is 2.20 bits per heavy atom. The molecule has 0 aliphatic heterocycles. The van der Waals surface area contributed by atoms with Crippen LogP contribution in [0.3, 0.4) is 0 Å². The fourth-order valence-electron chi connectivity index (χ4n) is 2.07. The molecule has 0 aliphatic carbocycles. The largest absolute Gasteiger partial charge is 0.381 e. The van der Waals surface area contributed by atoms with Gasteiger partial charge < -0.3 is 5.32 Å². The first-order chi connectivity index (χ1) is 9.49. The first-order valence-corrected chi connectivity index (χ1v) is 6.45. The number of hydrogen-bond donors (Lipinski definition) is 1. The number of anilines is 1. The lowest BCUT2D eigenvalue weighted by Gasteiger charge is -2.14. The van der Waals surface area contributed by atoms with Crippen LogP contribution in [0.2, 0.25) is 0 Å². The van der Waals surface area contributed by atoms with Crippen LogP contribution in [0.15, 0.2) is 36.4 Å². The van der Waals surface area contributed by atoms with Crippen LogP contribution in [-0.2, 0) is 6.54 Å². The Morgan fingerprint density at radius 1 is 1.00 bits per heavy atom. The zero-order valence-electron chi connectivity index (χ0n) is 11.4. The standard InChI is InChI=1S/C16H16F3N/c1-10(2)12-5-3-4-6-15(12)20-9-11-7-13(17)16(19)14(18)8-11/h3-8,10,20H,9H2,1-2H3. The van der Waals surface area contributed by atoms with Crippen LogP contribution in [-0.4, -0.2) is 0 Å². The van der Waals surface area contributed by atoms with Crippen molar-refractivity contribution >= 4 is 5.69 Å². The molecule has 0 saturated carbocycles. The van der Waals surface area contributed by atoms with Crippen LogP contribution in [0.5, 0.6) is 0 Å². The van der Waals surface area contributed by atoms with Gasteiger partial charge in [-0.15, -0.1) is 0 Å². The molecule has 2 aromatic rings. The van der Waals surface area contributed by atoms with Crippen molar-refractivity contribution in [2.75, 3.05) is 5.32 Å². The third-order valence-corrected chi connectivity index (χ3v) is 3.11. The summed E-state index contributed by atoms with van der Waals surface area (Å²) in [5.74, 6) is -3.44. The lowest BCUT2D eigenvalue weighted by atomic mass is 10.0. The molecule has 0 fully saturated rings. The fourth-order valence-corrected chi connectivity index (χ4v) is 2.07. The van der Waals surface area contributed by atoms with Crippen molar-refractivity contribution in [2.45, 2.75) is 26.3 Å². The molecule has 0 heterocycles. The molecule has 0 spiro atoms. The van der Waals surface area contributed by atoms with Crippen LogP contribution < -0.4 is 5.32 Å². The van der Waals surface area contributed by atoms with E-state index in [1.807, 2.05) is 24.3 Å². The predicted molar refractivity (Wildman–Crippen MR) is 74.2 cm³/mol. The lowest BCUT2D eigenvalue weighted by Crippen LogP contribution is -2.05. The number of rotatable bonds is 4. The Morgan fingerprint density at radius 2 is 1.60 bits per heavy atom. The second-order valence-electron chi connectivity index (χ2n) is 4.97. The highest BCUT2D eigenvalue weighted by molar-refractivity contribution is 5.52. The average Bonchev–Trinajstić information content (AvgIpc) is 2.42. The molecule has 1 N–H and O–H groups in total. The summed E-state index contributed by atoms with van der Waals surface area (Å²) in [6, 6.07) is 9.75. The highest BCUT2D eigenvalue weighted by Crippen LogP contribution is 2.24. The second-order valence-corrected chi connectivity index (χ2v) is 4.97. The van der Waals surface area contributed by atoms with Gasteiger partial charge in [0.25, 0.3) is 0 Å². The number of hydrogen-bond acceptors (Lipinski definition) is 1. The summed E-state index contributed by atoms with van der Waals surface area (Å²) in [6.07, 6.45) is 0.